The summed E-state index contributed by atoms with van der Waals surface area (Å²) >= 11 is 12.0. The fourth-order valence-corrected chi connectivity index (χ4v) is 4.83. The van der Waals surface area contributed by atoms with Crippen LogP contribution in [-0.2, 0) is 14.3 Å². The van der Waals surface area contributed by atoms with Crippen LogP contribution in [0.2, 0.25) is 10.0 Å². The number of ether oxygens (including phenoxy) is 3. The molecule has 7 heteroatoms. The molecule has 1 saturated carbocycles. The molecule has 0 amide bonds. The Balaban J connectivity index is 1.24. The molecule has 5 rings (SSSR count). The van der Waals surface area contributed by atoms with E-state index in [9.17, 15) is 9.59 Å². The molecule has 1 aliphatic carbocycles. The zero-order valence-corrected chi connectivity index (χ0v) is 19.0. The Kier molecular flexibility index (Phi) is 6.00. The Labute approximate surface area is 200 Å². The van der Waals surface area contributed by atoms with Crippen molar-refractivity contribution < 1.29 is 23.8 Å². The molecule has 33 heavy (non-hydrogen) atoms. The first-order chi connectivity index (χ1) is 16.0. The third-order valence-corrected chi connectivity index (χ3v) is 6.59. The molecule has 0 spiro atoms. The van der Waals surface area contributed by atoms with E-state index >= 15 is 0 Å². The molecule has 5 nitrogen and oxygen atoms in total. The molecule has 168 valence electrons. The number of Topliss-reactive ketones (excluding diaryl/α,β-unsaturated/α-hetero) is 1. The predicted molar refractivity (Wildman–Crippen MR) is 126 cm³/mol. The maximum Gasteiger partial charge on any atom is 0.339 e. The van der Waals surface area contributed by atoms with Gasteiger partial charge in [0.1, 0.15) is 24.2 Å². The van der Waals surface area contributed by atoms with Crippen LogP contribution in [-0.4, -0.2) is 24.0 Å². The fraction of sp³-hybridized carbons (Fsp3) is 0.231. The number of halogens is 2. The van der Waals surface area contributed by atoms with Gasteiger partial charge in [0.2, 0.25) is 11.5 Å². The second-order valence-electron chi connectivity index (χ2n) is 8.20. The van der Waals surface area contributed by atoms with Gasteiger partial charge in [0.15, 0.2) is 0 Å². The van der Waals surface area contributed by atoms with Crippen molar-refractivity contribution in [3.8, 4) is 5.75 Å². The zero-order valence-electron chi connectivity index (χ0n) is 17.5. The van der Waals surface area contributed by atoms with Crippen LogP contribution in [0.3, 0.4) is 0 Å². The van der Waals surface area contributed by atoms with E-state index < -0.39 is 5.97 Å². The molecule has 3 unspecified atom stereocenters. The molecular weight excluding hydrogens is 463 g/mol. The predicted octanol–water partition coefficient (Wildman–Crippen LogP) is 6.36. The van der Waals surface area contributed by atoms with Gasteiger partial charge in [-0.05, 0) is 53.9 Å². The maximum atomic E-state index is 13.0. The number of carbonyl (C=O) groups is 2. The topological polar surface area (TPSA) is 61.8 Å². The summed E-state index contributed by atoms with van der Waals surface area (Å²) < 4.78 is 17.3. The van der Waals surface area contributed by atoms with Crippen molar-refractivity contribution in [2.24, 2.45) is 5.92 Å². The van der Waals surface area contributed by atoms with Crippen molar-refractivity contribution >= 4 is 45.7 Å². The van der Waals surface area contributed by atoms with Gasteiger partial charge in [-0.2, -0.15) is 0 Å². The van der Waals surface area contributed by atoms with Crippen LogP contribution in [0.15, 0.2) is 72.7 Å². The summed E-state index contributed by atoms with van der Waals surface area (Å²) in [5, 5.41) is 2.81. The lowest BCUT2D eigenvalue weighted by Gasteiger charge is -2.36. The number of fused-ring (bicyclic) bond motifs is 2. The summed E-state index contributed by atoms with van der Waals surface area (Å²) in [6.45, 7) is 0. The van der Waals surface area contributed by atoms with Crippen LogP contribution < -0.4 is 4.74 Å². The van der Waals surface area contributed by atoms with Gasteiger partial charge in [-0.3, -0.25) is 4.79 Å². The zero-order chi connectivity index (χ0) is 22.9. The SMILES string of the molecule is O=C(OC1CCC2C(=O)C(Oc3ccc4ccccc4c3)=COC2C1)c1ccc(Cl)cc1Cl. The largest absolute Gasteiger partial charge is 0.493 e. The minimum atomic E-state index is -0.516. The van der Waals surface area contributed by atoms with E-state index in [1.807, 2.05) is 42.5 Å². The van der Waals surface area contributed by atoms with Gasteiger partial charge < -0.3 is 14.2 Å². The normalized spacial score (nSPS) is 22.2. The number of hydrogen-bond acceptors (Lipinski definition) is 5. The van der Waals surface area contributed by atoms with E-state index in [1.54, 1.807) is 12.1 Å². The number of benzene rings is 3. The highest BCUT2D eigenvalue weighted by Crippen LogP contribution is 2.36. The molecule has 3 aromatic carbocycles. The van der Waals surface area contributed by atoms with Gasteiger partial charge in [-0.15, -0.1) is 0 Å². The van der Waals surface area contributed by atoms with Crippen LogP contribution >= 0.6 is 23.2 Å². The number of carbonyl (C=O) groups excluding carboxylic acids is 2. The Morgan fingerprint density at radius 3 is 2.61 bits per heavy atom. The van der Waals surface area contributed by atoms with E-state index in [0.29, 0.717) is 30.0 Å². The summed E-state index contributed by atoms with van der Waals surface area (Å²) in [5.74, 6) is -0.171. The lowest BCUT2D eigenvalue weighted by atomic mass is 9.80. The number of rotatable bonds is 4. The molecule has 1 aliphatic heterocycles. The molecule has 3 atom stereocenters. The highest BCUT2D eigenvalue weighted by Gasteiger charge is 2.42. The molecule has 0 radical (unpaired) electrons. The average Bonchev–Trinajstić information content (AvgIpc) is 2.81. The van der Waals surface area contributed by atoms with Crippen molar-refractivity contribution in [3.63, 3.8) is 0 Å². The van der Waals surface area contributed by atoms with Crippen molar-refractivity contribution in [2.45, 2.75) is 31.5 Å². The van der Waals surface area contributed by atoms with Crippen LogP contribution in [0.1, 0.15) is 29.6 Å². The molecule has 0 aromatic heterocycles. The Bertz CT molecular complexity index is 1270. The summed E-state index contributed by atoms with van der Waals surface area (Å²) in [7, 11) is 0. The van der Waals surface area contributed by atoms with Gasteiger partial charge in [0.25, 0.3) is 0 Å². The number of allylic oxidation sites excluding steroid dienone is 1. The van der Waals surface area contributed by atoms with E-state index in [4.69, 9.17) is 37.4 Å². The van der Waals surface area contributed by atoms with Gasteiger partial charge in [0.05, 0.1) is 16.5 Å². The minimum Gasteiger partial charge on any atom is -0.493 e. The summed E-state index contributed by atoms with van der Waals surface area (Å²) in [4.78, 5) is 25.6. The molecular formula is C26H20Cl2O5. The molecule has 0 saturated heterocycles. The summed E-state index contributed by atoms with van der Waals surface area (Å²) in [6, 6.07) is 18.3. The van der Waals surface area contributed by atoms with Crippen molar-refractivity contribution in [2.75, 3.05) is 0 Å². The first-order valence-electron chi connectivity index (χ1n) is 10.7. The minimum absolute atomic E-state index is 0.0927. The van der Waals surface area contributed by atoms with Crippen LogP contribution in [0.5, 0.6) is 5.75 Å². The molecule has 1 fully saturated rings. The quantitative estimate of drug-likeness (QED) is 0.404. The van der Waals surface area contributed by atoms with E-state index in [1.165, 1.54) is 12.3 Å². The highest BCUT2D eigenvalue weighted by atomic mass is 35.5. The Hall–Kier alpha value is -3.02. The summed E-state index contributed by atoms with van der Waals surface area (Å²) in [5.41, 5.74) is 0.259. The second-order valence-corrected chi connectivity index (χ2v) is 9.05. The molecule has 0 bridgehead atoms. The number of hydrogen-bond donors (Lipinski definition) is 0. The highest BCUT2D eigenvalue weighted by molar-refractivity contribution is 6.36. The third kappa shape index (κ3) is 4.56. The second kappa shape index (κ2) is 9.08. The van der Waals surface area contributed by atoms with Gasteiger partial charge >= 0.3 is 5.97 Å². The van der Waals surface area contributed by atoms with Crippen molar-refractivity contribution in [1.29, 1.82) is 0 Å². The van der Waals surface area contributed by atoms with Crippen LogP contribution in [0.25, 0.3) is 10.8 Å². The standard InChI is InChI=1S/C26H20Cl2O5/c27-17-6-9-20(22(28)12-17)26(30)33-19-8-10-21-23(13-19)31-14-24(25(21)29)32-18-7-5-15-3-1-2-4-16(15)11-18/h1-7,9,11-12,14,19,21,23H,8,10,13H2. The average molecular weight is 483 g/mol. The number of ketones is 1. The molecule has 3 aromatic rings. The Morgan fingerprint density at radius 2 is 1.79 bits per heavy atom. The van der Waals surface area contributed by atoms with E-state index in [2.05, 4.69) is 0 Å². The van der Waals surface area contributed by atoms with E-state index in [-0.39, 0.29) is 40.3 Å². The van der Waals surface area contributed by atoms with Crippen LogP contribution in [0, 0.1) is 5.92 Å². The fourth-order valence-electron chi connectivity index (χ4n) is 4.34. The first kappa shape index (κ1) is 21.8. The van der Waals surface area contributed by atoms with Gasteiger partial charge in [-0.25, -0.2) is 4.79 Å². The Morgan fingerprint density at radius 1 is 0.970 bits per heavy atom. The molecule has 1 heterocycles. The van der Waals surface area contributed by atoms with Crippen molar-refractivity contribution in [1.82, 2.24) is 0 Å². The van der Waals surface area contributed by atoms with Gasteiger partial charge in [-0.1, -0.05) is 53.5 Å². The summed E-state index contributed by atoms with van der Waals surface area (Å²) in [6.07, 6.45) is 2.15. The lowest BCUT2D eigenvalue weighted by molar-refractivity contribution is -0.132. The monoisotopic (exact) mass is 482 g/mol. The molecule has 0 N–H and O–H groups in total. The lowest BCUT2D eigenvalue weighted by Crippen LogP contribution is -2.43. The molecule has 2 aliphatic rings. The smallest absolute Gasteiger partial charge is 0.339 e. The van der Waals surface area contributed by atoms with Crippen molar-refractivity contribution in [3.05, 3.63) is 88.3 Å². The van der Waals surface area contributed by atoms with Gasteiger partial charge in [0, 0.05) is 11.4 Å². The first-order valence-corrected chi connectivity index (χ1v) is 11.5. The van der Waals surface area contributed by atoms with E-state index in [0.717, 1.165) is 10.8 Å². The third-order valence-electron chi connectivity index (χ3n) is 6.05. The number of esters is 1. The van der Waals surface area contributed by atoms with Crippen LogP contribution in [0.4, 0.5) is 0 Å². The maximum absolute atomic E-state index is 13.0.